The number of amides is 1. The van der Waals surface area contributed by atoms with Crippen molar-refractivity contribution in [1.82, 2.24) is 20.6 Å². The highest BCUT2D eigenvalue weighted by Gasteiger charge is 2.25. The maximum atomic E-state index is 13.1. The summed E-state index contributed by atoms with van der Waals surface area (Å²) in [6.07, 6.45) is 6.21. The third kappa shape index (κ3) is 4.17. The zero-order valence-electron chi connectivity index (χ0n) is 18.3. The monoisotopic (exact) mass is 418 g/mol. The van der Waals surface area contributed by atoms with Crippen molar-refractivity contribution in [2.45, 2.75) is 45.6 Å². The summed E-state index contributed by atoms with van der Waals surface area (Å²) >= 11 is 0. The van der Waals surface area contributed by atoms with Crippen molar-refractivity contribution < 1.29 is 9.53 Å². The van der Waals surface area contributed by atoms with Crippen LogP contribution in [0.15, 0.2) is 30.5 Å². The molecule has 1 saturated carbocycles. The normalized spacial score (nSPS) is 17.1. The number of ether oxygens (including phenoxy) is 1. The third-order valence-corrected chi connectivity index (χ3v) is 6.37. The second kappa shape index (κ2) is 8.35. The summed E-state index contributed by atoms with van der Waals surface area (Å²) in [5, 5.41) is 6.55. The van der Waals surface area contributed by atoms with Crippen LogP contribution in [-0.2, 0) is 0 Å². The minimum atomic E-state index is -0.0465. The Labute approximate surface area is 182 Å². The lowest BCUT2D eigenvalue weighted by atomic mass is 10.0. The lowest BCUT2D eigenvalue weighted by Crippen LogP contribution is -2.42. The van der Waals surface area contributed by atoms with Gasteiger partial charge in [-0.05, 0) is 76.7 Å². The summed E-state index contributed by atoms with van der Waals surface area (Å²) < 4.78 is 6.18. The first-order valence-electron chi connectivity index (χ1n) is 11.3. The van der Waals surface area contributed by atoms with Gasteiger partial charge in [-0.25, -0.2) is 0 Å². The van der Waals surface area contributed by atoms with Gasteiger partial charge in [0.1, 0.15) is 11.3 Å². The zero-order chi connectivity index (χ0) is 21.4. The number of hydrogen-bond acceptors (Lipinski definition) is 4. The van der Waals surface area contributed by atoms with E-state index in [4.69, 9.17) is 4.74 Å². The van der Waals surface area contributed by atoms with Crippen LogP contribution in [0.3, 0.4) is 0 Å². The van der Waals surface area contributed by atoms with E-state index in [1.54, 1.807) is 6.20 Å². The Morgan fingerprint density at radius 3 is 2.71 bits per heavy atom. The van der Waals surface area contributed by atoms with E-state index in [2.05, 4.69) is 45.7 Å². The van der Waals surface area contributed by atoms with E-state index in [-0.39, 0.29) is 11.9 Å². The van der Waals surface area contributed by atoms with Crippen LogP contribution >= 0.6 is 0 Å². The lowest BCUT2D eigenvalue weighted by molar-refractivity contribution is 0.0930. The molecule has 2 aromatic heterocycles. The highest BCUT2D eigenvalue weighted by molar-refractivity contribution is 6.09. The van der Waals surface area contributed by atoms with Gasteiger partial charge in [-0.3, -0.25) is 9.78 Å². The Morgan fingerprint density at radius 1 is 1.13 bits per heavy atom. The van der Waals surface area contributed by atoms with E-state index < -0.39 is 0 Å². The number of benzene rings is 1. The fourth-order valence-corrected chi connectivity index (χ4v) is 4.40. The predicted molar refractivity (Wildman–Crippen MR) is 123 cm³/mol. The van der Waals surface area contributed by atoms with E-state index in [0.29, 0.717) is 11.5 Å². The molecular formula is C25H30N4O2. The maximum absolute atomic E-state index is 13.1. The van der Waals surface area contributed by atoms with Crippen LogP contribution in [0.4, 0.5) is 0 Å². The standard InChI is InChI=1S/C25H30N4O2/c1-15-3-6-21(31-14-17-4-5-17)20(13-15)19-9-12-27-24-22(16(2)28-23(19)24)25(30)29-18-7-10-26-11-8-18/h3,6,9,12-13,17-18,26,28H,4-5,7-8,10-11,14H2,1-2H3,(H,29,30). The number of carbonyl (C=O) groups excluding carboxylic acids is 1. The lowest BCUT2D eigenvalue weighted by Gasteiger charge is -2.23. The quantitative estimate of drug-likeness (QED) is 0.563. The highest BCUT2D eigenvalue weighted by atomic mass is 16.5. The SMILES string of the molecule is Cc1ccc(OCC2CC2)c(-c2ccnc3c(C(=O)NC4CCNCC4)c(C)[nH]c23)c1. The number of fused-ring (bicyclic) bond motifs is 1. The number of H-pyrrole nitrogens is 1. The molecule has 3 heterocycles. The molecule has 0 unspecified atom stereocenters. The molecule has 0 bridgehead atoms. The Kier molecular flexibility index (Phi) is 5.40. The van der Waals surface area contributed by atoms with Crippen molar-refractivity contribution in [2.75, 3.05) is 19.7 Å². The molecule has 5 rings (SSSR count). The first-order valence-corrected chi connectivity index (χ1v) is 11.3. The van der Waals surface area contributed by atoms with Crippen LogP contribution < -0.4 is 15.4 Å². The number of rotatable bonds is 6. The fraction of sp³-hybridized carbons (Fsp3) is 0.440. The van der Waals surface area contributed by atoms with E-state index in [1.807, 2.05) is 13.0 Å². The van der Waals surface area contributed by atoms with Crippen LogP contribution in [0.2, 0.25) is 0 Å². The number of hydrogen-bond donors (Lipinski definition) is 3. The number of piperidine rings is 1. The van der Waals surface area contributed by atoms with Gasteiger partial charge in [-0.1, -0.05) is 11.6 Å². The van der Waals surface area contributed by atoms with E-state index in [9.17, 15) is 4.79 Å². The van der Waals surface area contributed by atoms with Crippen molar-refractivity contribution in [3.63, 3.8) is 0 Å². The summed E-state index contributed by atoms with van der Waals surface area (Å²) in [7, 11) is 0. The van der Waals surface area contributed by atoms with Gasteiger partial charge in [-0.2, -0.15) is 0 Å². The van der Waals surface area contributed by atoms with E-state index in [1.165, 1.54) is 18.4 Å². The van der Waals surface area contributed by atoms with Gasteiger partial charge in [0.25, 0.3) is 5.91 Å². The van der Waals surface area contributed by atoms with Crippen molar-refractivity contribution >= 4 is 16.9 Å². The first kappa shape index (κ1) is 20.1. The molecule has 1 aliphatic heterocycles. The molecule has 0 spiro atoms. The molecule has 31 heavy (non-hydrogen) atoms. The van der Waals surface area contributed by atoms with E-state index in [0.717, 1.165) is 66.1 Å². The number of aromatic nitrogens is 2. The number of aryl methyl sites for hydroxylation is 2. The van der Waals surface area contributed by atoms with Crippen molar-refractivity contribution in [2.24, 2.45) is 5.92 Å². The van der Waals surface area contributed by atoms with E-state index >= 15 is 0 Å². The van der Waals surface area contributed by atoms with Gasteiger partial charge in [0.2, 0.25) is 0 Å². The zero-order valence-corrected chi connectivity index (χ0v) is 18.3. The predicted octanol–water partition coefficient (Wildman–Crippen LogP) is 4.12. The molecule has 3 N–H and O–H groups in total. The minimum absolute atomic E-state index is 0.0465. The summed E-state index contributed by atoms with van der Waals surface area (Å²) in [4.78, 5) is 21.2. The molecule has 1 amide bonds. The molecule has 0 radical (unpaired) electrons. The van der Waals surface area contributed by atoms with Crippen molar-refractivity contribution in [1.29, 1.82) is 0 Å². The van der Waals surface area contributed by atoms with Crippen LogP contribution in [-0.4, -0.2) is 41.6 Å². The highest BCUT2D eigenvalue weighted by Crippen LogP contribution is 2.38. The van der Waals surface area contributed by atoms with Crippen LogP contribution in [0, 0.1) is 19.8 Å². The Morgan fingerprint density at radius 2 is 1.94 bits per heavy atom. The molecule has 6 heteroatoms. The van der Waals surface area contributed by atoms with Gasteiger partial charge < -0.3 is 20.4 Å². The van der Waals surface area contributed by atoms with Crippen LogP contribution in [0.5, 0.6) is 5.75 Å². The Bertz CT molecular complexity index is 1110. The number of pyridine rings is 1. The minimum Gasteiger partial charge on any atom is -0.493 e. The molecule has 2 fully saturated rings. The van der Waals surface area contributed by atoms with Gasteiger partial charge >= 0.3 is 0 Å². The Hall–Kier alpha value is -2.86. The summed E-state index contributed by atoms with van der Waals surface area (Å²) in [5.74, 6) is 1.53. The molecule has 0 atom stereocenters. The maximum Gasteiger partial charge on any atom is 0.255 e. The topological polar surface area (TPSA) is 79.0 Å². The van der Waals surface area contributed by atoms with Crippen LogP contribution in [0.1, 0.15) is 47.3 Å². The number of nitrogens with one attached hydrogen (secondary N) is 3. The van der Waals surface area contributed by atoms with Gasteiger partial charge in [0.15, 0.2) is 0 Å². The second-order valence-electron chi connectivity index (χ2n) is 8.96. The van der Waals surface area contributed by atoms with Crippen molar-refractivity contribution in [3.05, 3.63) is 47.3 Å². The second-order valence-corrected chi connectivity index (χ2v) is 8.96. The molecule has 1 saturated heterocycles. The summed E-state index contributed by atoms with van der Waals surface area (Å²) in [6, 6.07) is 8.51. The van der Waals surface area contributed by atoms with Crippen molar-refractivity contribution in [3.8, 4) is 16.9 Å². The third-order valence-electron chi connectivity index (χ3n) is 6.37. The molecule has 2 aliphatic rings. The average molecular weight is 419 g/mol. The molecule has 1 aromatic carbocycles. The fourth-order valence-electron chi connectivity index (χ4n) is 4.40. The first-order chi connectivity index (χ1) is 15.1. The average Bonchev–Trinajstić information content (AvgIpc) is 3.53. The number of carbonyl (C=O) groups is 1. The van der Waals surface area contributed by atoms with Gasteiger partial charge in [0, 0.05) is 29.1 Å². The smallest absolute Gasteiger partial charge is 0.255 e. The summed E-state index contributed by atoms with van der Waals surface area (Å²) in [6.45, 7) is 6.68. The molecule has 3 aromatic rings. The summed E-state index contributed by atoms with van der Waals surface area (Å²) in [5.41, 5.74) is 6.32. The van der Waals surface area contributed by atoms with Gasteiger partial charge in [-0.15, -0.1) is 0 Å². The number of aromatic amines is 1. The molecule has 162 valence electrons. The molecular weight excluding hydrogens is 388 g/mol. The molecule has 1 aliphatic carbocycles. The molecule has 6 nitrogen and oxygen atoms in total. The largest absolute Gasteiger partial charge is 0.493 e. The van der Waals surface area contributed by atoms with Gasteiger partial charge in [0.05, 0.1) is 17.7 Å². The number of nitrogens with zero attached hydrogens (tertiary/aromatic N) is 1. The van der Waals surface area contributed by atoms with Crippen LogP contribution in [0.25, 0.3) is 22.2 Å². The Balaban J connectivity index is 1.52.